The molecule has 0 spiro atoms. The molecule has 25 heavy (non-hydrogen) atoms. The van der Waals surface area contributed by atoms with E-state index in [0.717, 1.165) is 5.56 Å². The Morgan fingerprint density at radius 1 is 1.16 bits per heavy atom. The van der Waals surface area contributed by atoms with Crippen molar-refractivity contribution in [2.75, 3.05) is 20.3 Å². The van der Waals surface area contributed by atoms with Gasteiger partial charge >= 0.3 is 0 Å². The van der Waals surface area contributed by atoms with E-state index in [4.69, 9.17) is 15.2 Å². The van der Waals surface area contributed by atoms with Gasteiger partial charge in [-0.15, -0.1) is 0 Å². The predicted octanol–water partition coefficient (Wildman–Crippen LogP) is 3.14. The lowest BCUT2D eigenvalue weighted by Gasteiger charge is -2.18. The minimum absolute atomic E-state index is 0.115. The maximum atomic E-state index is 12.7. The van der Waals surface area contributed by atoms with E-state index in [2.05, 4.69) is 31.3 Å². The zero-order valence-electron chi connectivity index (χ0n) is 15.3. The molecule has 1 atom stereocenters. The summed E-state index contributed by atoms with van der Waals surface area (Å²) in [7, 11) is 1.57. The second kappa shape index (κ2) is 8.53. The normalized spacial score (nSPS) is 11.7. The third kappa shape index (κ3) is 4.73. The Morgan fingerprint density at radius 3 is 2.56 bits per heavy atom. The number of carbonyl (C=O) groups excluding carboxylic acids is 1. The van der Waals surface area contributed by atoms with Crippen molar-refractivity contribution in [3.63, 3.8) is 0 Å². The number of benzene rings is 2. The highest BCUT2D eigenvalue weighted by Gasteiger charge is 2.17. The molecule has 0 unspecified atom stereocenters. The van der Waals surface area contributed by atoms with Gasteiger partial charge < -0.3 is 20.5 Å². The van der Waals surface area contributed by atoms with Crippen molar-refractivity contribution in [1.29, 1.82) is 0 Å². The molecule has 2 rings (SSSR count). The van der Waals surface area contributed by atoms with Gasteiger partial charge in [-0.05, 0) is 49.6 Å². The molecular weight excluding hydrogens is 316 g/mol. The summed E-state index contributed by atoms with van der Waals surface area (Å²) in [5.74, 6) is 0.903. The Bertz CT molecular complexity index is 744. The smallest absolute Gasteiger partial charge is 0.255 e. The number of aryl methyl sites for hydroxylation is 2. The SMILES string of the molecule is COc1ccc(C(=O)N[C@H](C)c2ccc(C)c(C)c2)c(OCCN)c1. The van der Waals surface area contributed by atoms with Gasteiger partial charge in [0.05, 0.1) is 18.7 Å². The predicted molar refractivity (Wildman–Crippen MR) is 99.3 cm³/mol. The standard InChI is InChI=1S/C20H26N2O3/c1-13-5-6-16(11-14(13)2)15(3)22-20(23)18-8-7-17(24-4)12-19(18)25-10-9-21/h5-8,11-12,15H,9-10,21H2,1-4H3,(H,22,23)/t15-/m1/s1. The molecule has 0 radical (unpaired) electrons. The number of ether oxygens (including phenoxy) is 2. The van der Waals surface area contributed by atoms with Crippen molar-refractivity contribution >= 4 is 5.91 Å². The van der Waals surface area contributed by atoms with Gasteiger partial charge in [-0.2, -0.15) is 0 Å². The Hall–Kier alpha value is -2.53. The van der Waals surface area contributed by atoms with E-state index in [1.54, 1.807) is 25.3 Å². The van der Waals surface area contributed by atoms with Crippen LogP contribution in [0.4, 0.5) is 0 Å². The molecule has 0 heterocycles. The number of rotatable bonds is 7. The molecule has 2 aromatic rings. The summed E-state index contributed by atoms with van der Waals surface area (Å²) < 4.78 is 10.8. The highest BCUT2D eigenvalue weighted by molar-refractivity contribution is 5.97. The van der Waals surface area contributed by atoms with Crippen molar-refractivity contribution in [3.05, 3.63) is 58.7 Å². The maximum Gasteiger partial charge on any atom is 0.255 e. The molecule has 0 bridgehead atoms. The second-order valence-corrected chi connectivity index (χ2v) is 6.04. The van der Waals surface area contributed by atoms with Crippen LogP contribution >= 0.6 is 0 Å². The van der Waals surface area contributed by atoms with Crippen molar-refractivity contribution in [2.24, 2.45) is 5.73 Å². The minimum Gasteiger partial charge on any atom is -0.497 e. The molecule has 2 aromatic carbocycles. The van der Waals surface area contributed by atoms with E-state index >= 15 is 0 Å². The monoisotopic (exact) mass is 342 g/mol. The summed E-state index contributed by atoms with van der Waals surface area (Å²) in [5, 5.41) is 3.02. The number of hydrogen-bond donors (Lipinski definition) is 2. The van der Waals surface area contributed by atoms with Gasteiger partial charge in [0, 0.05) is 12.6 Å². The number of nitrogens with one attached hydrogen (secondary N) is 1. The summed E-state index contributed by atoms with van der Waals surface area (Å²) >= 11 is 0. The maximum absolute atomic E-state index is 12.7. The fourth-order valence-corrected chi connectivity index (χ4v) is 2.50. The van der Waals surface area contributed by atoms with Crippen molar-refractivity contribution < 1.29 is 14.3 Å². The molecule has 0 saturated heterocycles. The molecule has 0 aliphatic rings. The zero-order valence-corrected chi connectivity index (χ0v) is 15.3. The third-order valence-electron chi connectivity index (χ3n) is 4.19. The Kier molecular flexibility index (Phi) is 6.42. The molecule has 1 amide bonds. The van der Waals surface area contributed by atoms with Crippen LogP contribution in [0.5, 0.6) is 11.5 Å². The van der Waals surface area contributed by atoms with Crippen LogP contribution in [0.3, 0.4) is 0 Å². The first-order valence-electron chi connectivity index (χ1n) is 8.35. The largest absolute Gasteiger partial charge is 0.497 e. The Labute approximate surface area is 149 Å². The van der Waals surface area contributed by atoms with Crippen LogP contribution in [0.25, 0.3) is 0 Å². The topological polar surface area (TPSA) is 73.6 Å². The molecule has 134 valence electrons. The first-order valence-corrected chi connectivity index (χ1v) is 8.35. The Morgan fingerprint density at radius 2 is 1.92 bits per heavy atom. The average molecular weight is 342 g/mol. The number of carbonyl (C=O) groups is 1. The summed E-state index contributed by atoms with van der Waals surface area (Å²) in [6.07, 6.45) is 0. The first kappa shape index (κ1) is 18.8. The van der Waals surface area contributed by atoms with Crippen molar-refractivity contribution in [3.8, 4) is 11.5 Å². The lowest BCUT2D eigenvalue weighted by Crippen LogP contribution is -2.27. The molecule has 0 aromatic heterocycles. The molecule has 5 nitrogen and oxygen atoms in total. The lowest BCUT2D eigenvalue weighted by molar-refractivity contribution is 0.0936. The second-order valence-electron chi connectivity index (χ2n) is 6.04. The number of hydrogen-bond acceptors (Lipinski definition) is 4. The number of amides is 1. The van der Waals surface area contributed by atoms with E-state index in [0.29, 0.717) is 30.2 Å². The first-order chi connectivity index (χ1) is 12.0. The van der Waals surface area contributed by atoms with Gasteiger partial charge in [-0.1, -0.05) is 18.2 Å². The molecule has 0 aliphatic heterocycles. The quantitative estimate of drug-likeness (QED) is 0.811. The van der Waals surface area contributed by atoms with Gasteiger partial charge in [0.2, 0.25) is 0 Å². The van der Waals surface area contributed by atoms with Crippen molar-refractivity contribution in [2.45, 2.75) is 26.8 Å². The fraction of sp³-hybridized carbons (Fsp3) is 0.350. The number of nitrogens with two attached hydrogens (primary N) is 1. The molecule has 5 heteroatoms. The molecule has 0 aliphatic carbocycles. The molecule has 0 saturated carbocycles. The number of methoxy groups -OCH3 is 1. The summed E-state index contributed by atoms with van der Waals surface area (Å²) in [5.41, 5.74) is 9.46. The highest BCUT2D eigenvalue weighted by Crippen LogP contribution is 2.26. The summed E-state index contributed by atoms with van der Waals surface area (Å²) in [6, 6.07) is 11.2. The van der Waals surface area contributed by atoms with E-state index in [9.17, 15) is 4.79 Å². The molecule has 0 fully saturated rings. The zero-order chi connectivity index (χ0) is 18.4. The van der Waals surface area contributed by atoms with Crippen LogP contribution in [0.15, 0.2) is 36.4 Å². The van der Waals surface area contributed by atoms with E-state index < -0.39 is 0 Å². The highest BCUT2D eigenvalue weighted by atomic mass is 16.5. The van der Waals surface area contributed by atoms with Crippen LogP contribution in [-0.2, 0) is 0 Å². The van der Waals surface area contributed by atoms with E-state index in [1.165, 1.54) is 11.1 Å². The van der Waals surface area contributed by atoms with Crippen LogP contribution in [0.1, 0.15) is 40.0 Å². The van der Waals surface area contributed by atoms with Crippen LogP contribution in [0, 0.1) is 13.8 Å². The van der Waals surface area contributed by atoms with Crippen LogP contribution in [-0.4, -0.2) is 26.2 Å². The van der Waals surface area contributed by atoms with Gasteiger partial charge in [0.15, 0.2) is 0 Å². The molecule has 3 N–H and O–H groups in total. The lowest BCUT2D eigenvalue weighted by atomic mass is 10.0. The fourth-order valence-electron chi connectivity index (χ4n) is 2.50. The minimum atomic E-state index is -0.194. The van der Waals surface area contributed by atoms with E-state index in [-0.39, 0.29) is 11.9 Å². The van der Waals surface area contributed by atoms with Gasteiger partial charge in [0.1, 0.15) is 18.1 Å². The van der Waals surface area contributed by atoms with Gasteiger partial charge in [-0.3, -0.25) is 4.79 Å². The van der Waals surface area contributed by atoms with E-state index in [1.807, 2.05) is 13.0 Å². The van der Waals surface area contributed by atoms with Crippen LogP contribution < -0.4 is 20.5 Å². The summed E-state index contributed by atoms with van der Waals surface area (Å²) in [6.45, 7) is 6.81. The van der Waals surface area contributed by atoms with Crippen molar-refractivity contribution in [1.82, 2.24) is 5.32 Å². The average Bonchev–Trinajstić information content (AvgIpc) is 2.61. The molecular formula is C20H26N2O3. The van der Waals surface area contributed by atoms with Gasteiger partial charge in [0.25, 0.3) is 5.91 Å². The third-order valence-corrected chi connectivity index (χ3v) is 4.19. The summed E-state index contributed by atoms with van der Waals surface area (Å²) in [4.78, 5) is 12.7. The van der Waals surface area contributed by atoms with Gasteiger partial charge in [-0.25, -0.2) is 0 Å². The van der Waals surface area contributed by atoms with Crippen LogP contribution in [0.2, 0.25) is 0 Å². The Balaban J connectivity index is 2.19.